The second-order valence-corrected chi connectivity index (χ2v) is 6.38. The molecule has 2 aliphatic heterocycles. The van der Waals surface area contributed by atoms with Gasteiger partial charge in [-0.25, -0.2) is 15.0 Å². The molecule has 7 heteroatoms. The van der Waals surface area contributed by atoms with Crippen molar-refractivity contribution in [3.05, 3.63) is 34.1 Å². The predicted octanol–water partition coefficient (Wildman–Crippen LogP) is 2.74. The average molecular weight is 313 g/mol. The molecule has 0 spiro atoms. The standard InChI is InChI=1S/C15H15N5OS/c1-8-3-4-17-14(18-8)20-15-19-13-11-6-16-5-10(11)9(2)21-7-12(13)22-15/h3-4,6,9H,5,7H2,1-2H3,(H,17,18,19,20). The lowest BCUT2D eigenvalue weighted by molar-refractivity contribution is 0.0799. The number of rotatable bonds is 2. The maximum atomic E-state index is 5.90. The Labute approximate surface area is 132 Å². The van der Waals surface area contributed by atoms with Crippen LogP contribution in [0.5, 0.6) is 0 Å². The van der Waals surface area contributed by atoms with Crippen molar-refractivity contribution in [1.29, 1.82) is 0 Å². The van der Waals surface area contributed by atoms with Crippen LogP contribution >= 0.6 is 11.3 Å². The molecule has 4 rings (SSSR count). The van der Waals surface area contributed by atoms with Gasteiger partial charge in [0.2, 0.25) is 5.95 Å². The summed E-state index contributed by atoms with van der Waals surface area (Å²) < 4.78 is 5.90. The van der Waals surface area contributed by atoms with Gasteiger partial charge in [0.15, 0.2) is 5.13 Å². The molecule has 0 aliphatic carbocycles. The quantitative estimate of drug-likeness (QED) is 0.923. The molecular weight excluding hydrogens is 298 g/mol. The zero-order valence-electron chi connectivity index (χ0n) is 12.3. The SMILES string of the molecule is Cc1ccnc(Nc2nc3c(s2)COC(C)C2=C3C=NC2)n1. The second-order valence-electron chi connectivity index (χ2n) is 5.30. The average Bonchev–Trinajstić information content (AvgIpc) is 3.09. The van der Waals surface area contributed by atoms with E-state index in [1.165, 1.54) is 5.57 Å². The minimum absolute atomic E-state index is 0.0930. The molecular formula is C15H15N5OS. The first-order valence-corrected chi connectivity index (χ1v) is 7.93. The van der Waals surface area contributed by atoms with E-state index < -0.39 is 0 Å². The number of thiazole rings is 1. The highest BCUT2D eigenvalue weighted by Crippen LogP contribution is 2.36. The van der Waals surface area contributed by atoms with Crippen LogP contribution in [0, 0.1) is 6.92 Å². The van der Waals surface area contributed by atoms with Crippen LogP contribution in [0.15, 0.2) is 22.8 Å². The highest BCUT2D eigenvalue weighted by atomic mass is 32.1. The Morgan fingerprint density at radius 3 is 3.14 bits per heavy atom. The molecule has 112 valence electrons. The van der Waals surface area contributed by atoms with Crippen molar-refractivity contribution in [2.75, 3.05) is 11.9 Å². The number of nitrogens with one attached hydrogen (secondary N) is 1. The minimum Gasteiger partial charge on any atom is -0.368 e. The van der Waals surface area contributed by atoms with E-state index in [9.17, 15) is 0 Å². The highest BCUT2D eigenvalue weighted by Gasteiger charge is 2.27. The molecule has 0 saturated carbocycles. The fourth-order valence-corrected chi connectivity index (χ4v) is 3.48. The molecule has 1 unspecified atom stereocenters. The number of fused-ring (bicyclic) bond motifs is 2. The van der Waals surface area contributed by atoms with Gasteiger partial charge in [0.25, 0.3) is 0 Å². The maximum absolute atomic E-state index is 5.90. The molecule has 0 amide bonds. The van der Waals surface area contributed by atoms with Gasteiger partial charge in [0.05, 0.1) is 29.8 Å². The number of hydrogen-bond acceptors (Lipinski definition) is 7. The second kappa shape index (κ2) is 5.26. The number of anilines is 2. The molecule has 0 saturated heterocycles. The fraction of sp³-hybridized carbons (Fsp3) is 0.333. The fourth-order valence-electron chi connectivity index (χ4n) is 2.58. The Hall–Kier alpha value is -2.12. The summed E-state index contributed by atoms with van der Waals surface area (Å²) in [7, 11) is 0. The number of allylic oxidation sites excluding steroid dienone is 1. The Kier molecular flexibility index (Phi) is 3.24. The van der Waals surface area contributed by atoms with Crippen molar-refractivity contribution in [1.82, 2.24) is 15.0 Å². The number of aryl methyl sites for hydroxylation is 1. The van der Waals surface area contributed by atoms with Gasteiger partial charge in [0, 0.05) is 23.7 Å². The van der Waals surface area contributed by atoms with Crippen LogP contribution in [-0.4, -0.2) is 33.8 Å². The van der Waals surface area contributed by atoms with Crippen LogP contribution in [0.2, 0.25) is 0 Å². The van der Waals surface area contributed by atoms with E-state index in [2.05, 4.69) is 27.2 Å². The maximum Gasteiger partial charge on any atom is 0.229 e. The molecule has 4 heterocycles. The van der Waals surface area contributed by atoms with E-state index in [1.54, 1.807) is 17.5 Å². The Balaban J connectivity index is 1.70. The Bertz CT molecular complexity index is 795. The first-order valence-electron chi connectivity index (χ1n) is 7.12. The van der Waals surface area contributed by atoms with Gasteiger partial charge in [-0.2, -0.15) is 0 Å². The molecule has 22 heavy (non-hydrogen) atoms. The minimum atomic E-state index is 0.0930. The summed E-state index contributed by atoms with van der Waals surface area (Å²) in [5.41, 5.74) is 4.21. The van der Waals surface area contributed by atoms with Crippen LogP contribution in [0.25, 0.3) is 5.57 Å². The van der Waals surface area contributed by atoms with Crippen LogP contribution in [0.3, 0.4) is 0 Å². The van der Waals surface area contributed by atoms with Gasteiger partial charge in [-0.3, -0.25) is 4.99 Å². The van der Waals surface area contributed by atoms with Crippen LogP contribution in [0.4, 0.5) is 11.1 Å². The van der Waals surface area contributed by atoms with E-state index in [-0.39, 0.29) is 6.10 Å². The number of aromatic nitrogens is 3. The normalized spacial score (nSPS) is 19.8. The molecule has 2 aromatic rings. The van der Waals surface area contributed by atoms with Crippen molar-refractivity contribution < 1.29 is 4.74 Å². The third kappa shape index (κ3) is 2.32. The molecule has 1 atom stereocenters. The zero-order valence-corrected chi connectivity index (χ0v) is 13.1. The highest BCUT2D eigenvalue weighted by molar-refractivity contribution is 7.15. The molecule has 2 aliphatic rings. The van der Waals surface area contributed by atoms with Crippen LogP contribution in [-0.2, 0) is 11.3 Å². The van der Waals surface area contributed by atoms with Crippen molar-refractivity contribution in [3.8, 4) is 0 Å². The summed E-state index contributed by atoms with van der Waals surface area (Å²) in [6.07, 6.45) is 3.74. The summed E-state index contributed by atoms with van der Waals surface area (Å²) in [5.74, 6) is 0.562. The Morgan fingerprint density at radius 1 is 1.36 bits per heavy atom. The van der Waals surface area contributed by atoms with E-state index in [0.717, 1.165) is 27.0 Å². The van der Waals surface area contributed by atoms with Crippen molar-refractivity contribution in [2.24, 2.45) is 4.99 Å². The van der Waals surface area contributed by atoms with Crippen LogP contribution in [0.1, 0.15) is 23.2 Å². The number of aliphatic imine (C=N–C) groups is 1. The van der Waals surface area contributed by atoms with Crippen LogP contribution < -0.4 is 5.32 Å². The largest absolute Gasteiger partial charge is 0.368 e. The predicted molar refractivity (Wildman–Crippen MR) is 86.7 cm³/mol. The first-order chi connectivity index (χ1) is 10.7. The summed E-state index contributed by atoms with van der Waals surface area (Å²) in [4.78, 5) is 18.7. The third-order valence-electron chi connectivity index (χ3n) is 3.75. The van der Waals surface area contributed by atoms with E-state index >= 15 is 0 Å². The summed E-state index contributed by atoms with van der Waals surface area (Å²) in [6, 6.07) is 1.86. The summed E-state index contributed by atoms with van der Waals surface area (Å²) in [5, 5.41) is 3.95. The van der Waals surface area contributed by atoms with Gasteiger partial charge in [0.1, 0.15) is 0 Å². The number of ether oxygens (including phenoxy) is 1. The van der Waals surface area contributed by atoms with Crippen molar-refractivity contribution >= 4 is 34.2 Å². The zero-order chi connectivity index (χ0) is 15.1. The topological polar surface area (TPSA) is 72.3 Å². The van der Waals surface area contributed by atoms with E-state index in [0.29, 0.717) is 19.1 Å². The first kappa shape index (κ1) is 13.5. The van der Waals surface area contributed by atoms with Gasteiger partial charge in [-0.15, -0.1) is 0 Å². The number of hydrogen-bond donors (Lipinski definition) is 1. The molecule has 2 aromatic heterocycles. The van der Waals surface area contributed by atoms with Gasteiger partial charge >= 0.3 is 0 Å². The molecule has 6 nitrogen and oxygen atoms in total. The molecule has 0 aromatic carbocycles. The number of nitrogens with zero attached hydrogens (tertiary/aromatic N) is 4. The molecule has 1 N–H and O–H groups in total. The van der Waals surface area contributed by atoms with E-state index in [4.69, 9.17) is 9.72 Å². The van der Waals surface area contributed by atoms with Crippen molar-refractivity contribution in [3.63, 3.8) is 0 Å². The van der Waals surface area contributed by atoms with Crippen molar-refractivity contribution in [2.45, 2.75) is 26.6 Å². The lowest BCUT2D eigenvalue weighted by atomic mass is 10.0. The summed E-state index contributed by atoms with van der Waals surface area (Å²) in [6.45, 7) is 5.29. The monoisotopic (exact) mass is 313 g/mol. The molecule has 0 fully saturated rings. The third-order valence-corrected chi connectivity index (χ3v) is 4.69. The van der Waals surface area contributed by atoms with Gasteiger partial charge < -0.3 is 10.1 Å². The lowest BCUT2D eigenvalue weighted by Gasteiger charge is -2.11. The molecule has 0 bridgehead atoms. The van der Waals surface area contributed by atoms with Gasteiger partial charge in [-0.05, 0) is 25.5 Å². The lowest BCUT2D eigenvalue weighted by Crippen LogP contribution is -2.11. The molecule has 0 radical (unpaired) electrons. The summed E-state index contributed by atoms with van der Waals surface area (Å²) >= 11 is 1.58. The van der Waals surface area contributed by atoms with Gasteiger partial charge in [-0.1, -0.05) is 11.3 Å². The smallest absolute Gasteiger partial charge is 0.229 e. The van der Waals surface area contributed by atoms with E-state index in [1.807, 2.05) is 19.2 Å². The Morgan fingerprint density at radius 2 is 2.27 bits per heavy atom.